The van der Waals surface area contributed by atoms with Gasteiger partial charge in [0.25, 0.3) is 21.8 Å². The van der Waals surface area contributed by atoms with Gasteiger partial charge in [-0.3, -0.25) is 19.3 Å². The van der Waals surface area contributed by atoms with Gasteiger partial charge >= 0.3 is 0 Å². The molecule has 0 atom stereocenters. The molecule has 7 nitrogen and oxygen atoms in total. The first-order valence-electron chi connectivity index (χ1n) is 10.2. The van der Waals surface area contributed by atoms with Gasteiger partial charge in [0.15, 0.2) is 0 Å². The Balaban J connectivity index is 1.75. The largest absolute Gasteiger partial charge is 0.279 e. The molecule has 3 aromatic rings. The predicted octanol–water partition coefficient (Wildman–Crippen LogP) is 4.94. The van der Waals surface area contributed by atoms with Crippen LogP contribution in [0.2, 0.25) is 5.02 Å². The Kier molecular flexibility index (Phi) is 5.54. The number of nitrogens with zero attached hydrogens (tertiary/aromatic N) is 2. The van der Waals surface area contributed by atoms with Crippen LogP contribution >= 0.6 is 11.6 Å². The highest BCUT2D eigenvalue weighted by molar-refractivity contribution is 7.92. The summed E-state index contributed by atoms with van der Waals surface area (Å²) < 4.78 is 28.6. The maximum atomic E-state index is 13.3. The summed E-state index contributed by atoms with van der Waals surface area (Å²) in [7, 11) is -4.03. The number of hydrogen-bond donors (Lipinski definition) is 1. The van der Waals surface area contributed by atoms with Gasteiger partial charge in [-0.25, -0.2) is 13.3 Å². The first-order valence-corrected chi connectivity index (χ1v) is 12.0. The number of amides is 2. The van der Waals surface area contributed by atoms with Gasteiger partial charge in [0, 0.05) is 6.20 Å². The quantitative estimate of drug-likeness (QED) is 0.530. The third-order valence-corrected chi connectivity index (χ3v) is 7.21. The molecule has 170 valence electrons. The number of fused-ring (bicyclic) bond motifs is 1. The number of anilines is 2. The summed E-state index contributed by atoms with van der Waals surface area (Å²) in [5.74, 6) is -1.30. The number of benzene rings is 2. The average Bonchev–Trinajstić information content (AvgIpc) is 3.01. The maximum absolute atomic E-state index is 13.3. The van der Waals surface area contributed by atoms with Gasteiger partial charge in [0.05, 0.1) is 38.6 Å². The number of rotatable bonds is 4. The molecule has 4 rings (SSSR count). The zero-order valence-electron chi connectivity index (χ0n) is 18.5. The summed E-state index contributed by atoms with van der Waals surface area (Å²) in [4.78, 5) is 31.4. The Morgan fingerprint density at radius 3 is 2.18 bits per heavy atom. The third kappa shape index (κ3) is 4.00. The molecule has 2 amide bonds. The van der Waals surface area contributed by atoms with E-state index in [-0.39, 0.29) is 32.1 Å². The number of hydrogen-bond acceptors (Lipinski definition) is 5. The van der Waals surface area contributed by atoms with Crippen molar-refractivity contribution in [1.29, 1.82) is 0 Å². The van der Waals surface area contributed by atoms with Gasteiger partial charge in [-0.2, -0.15) is 0 Å². The first-order chi connectivity index (χ1) is 15.4. The highest BCUT2D eigenvalue weighted by Crippen LogP contribution is 2.38. The van der Waals surface area contributed by atoms with Gasteiger partial charge in [-0.1, -0.05) is 44.5 Å². The number of imide groups is 1. The molecule has 0 aliphatic carbocycles. The minimum atomic E-state index is -4.03. The summed E-state index contributed by atoms with van der Waals surface area (Å²) in [5.41, 5.74) is 1.67. The summed E-state index contributed by atoms with van der Waals surface area (Å²) in [6, 6.07) is 11.0. The van der Waals surface area contributed by atoms with E-state index in [1.54, 1.807) is 31.3 Å². The van der Waals surface area contributed by atoms with Crippen LogP contribution in [-0.2, 0) is 15.4 Å². The Morgan fingerprint density at radius 1 is 0.939 bits per heavy atom. The molecule has 2 heterocycles. The van der Waals surface area contributed by atoms with Gasteiger partial charge in [0.1, 0.15) is 0 Å². The molecule has 0 saturated carbocycles. The molecule has 0 fully saturated rings. The number of halogens is 1. The number of carbonyl (C=O) groups excluding carboxylic acids is 2. The van der Waals surface area contributed by atoms with Gasteiger partial charge in [-0.15, -0.1) is 0 Å². The van der Waals surface area contributed by atoms with Crippen molar-refractivity contribution in [2.24, 2.45) is 0 Å². The molecular weight excluding hydrogens is 462 g/mol. The van der Waals surface area contributed by atoms with E-state index in [4.69, 9.17) is 11.6 Å². The van der Waals surface area contributed by atoms with Crippen molar-refractivity contribution in [3.8, 4) is 0 Å². The molecular formula is C24H22ClN3O4S. The zero-order chi connectivity index (χ0) is 24.1. The van der Waals surface area contributed by atoms with Crippen LogP contribution in [0.1, 0.15) is 52.6 Å². The topological polar surface area (TPSA) is 96.4 Å². The SMILES string of the molecule is Cc1ccncc1N1C(=O)c2c(Cl)ccc(NS(=O)(=O)c3ccc(C(C)(C)C)cc3)c2C1=O. The lowest BCUT2D eigenvalue weighted by Crippen LogP contribution is -2.30. The predicted molar refractivity (Wildman–Crippen MR) is 128 cm³/mol. The van der Waals surface area contributed by atoms with Crippen molar-refractivity contribution in [2.75, 3.05) is 9.62 Å². The zero-order valence-corrected chi connectivity index (χ0v) is 20.1. The smallest absolute Gasteiger partial charge is 0.268 e. The number of sulfonamides is 1. The van der Waals surface area contributed by atoms with Crippen LogP contribution in [0.3, 0.4) is 0 Å². The Bertz CT molecular complexity index is 1390. The van der Waals surface area contributed by atoms with Crippen LogP contribution < -0.4 is 9.62 Å². The minimum Gasteiger partial charge on any atom is -0.279 e. The van der Waals surface area contributed by atoms with Crippen molar-refractivity contribution in [3.05, 3.63) is 82.1 Å². The molecule has 0 unspecified atom stereocenters. The van der Waals surface area contributed by atoms with Crippen molar-refractivity contribution in [2.45, 2.75) is 38.0 Å². The van der Waals surface area contributed by atoms with Crippen molar-refractivity contribution < 1.29 is 18.0 Å². The van der Waals surface area contributed by atoms with Crippen LogP contribution in [0.4, 0.5) is 11.4 Å². The summed E-state index contributed by atoms with van der Waals surface area (Å²) in [5, 5.41) is 0.0601. The Hall–Kier alpha value is -3.23. The molecule has 33 heavy (non-hydrogen) atoms. The molecule has 1 aliphatic heterocycles. The molecule has 1 aliphatic rings. The molecule has 2 aromatic carbocycles. The van der Waals surface area contributed by atoms with Crippen LogP contribution in [-0.4, -0.2) is 25.2 Å². The lowest BCUT2D eigenvalue weighted by atomic mass is 9.87. The second kappa shape index (κ2) is 7.97. The van der Waals surface area contributed by atoms with E-state index < -0.39 is 21.8 Å². The fourth-order valence-corrected chi connectivity index (χ4v) is 4.97. The van der Waals surface area contributed by atoms with Crippen LogP contribution in [0.15, 0.2) is 59.8 Å². The van der Waals surface area contributed by atoms with Gasteiger partial charge in [0.2, 0.25) is 0 Å². The second-order valence-electron chi connectivity index (χ2n) is 8.83. The van der Waals surface area contributed by atoms with Crippen molar-refractivity contribution in [3.63, 3.8) is 0 Å². The molecule has 1 aromatic heterocycles. The normalized spacial score (nSPS) is 13.9. The van der Waals surface area contributed by atoms with E-state index >= 15 is 0 Å². The monoisotopic (exact) mass is 483 g/mol. The van der Waals surface area contributed by atoms with Crippen LogP contribution in [0.25, 0.3) is 0 Å². The Morgan fingerprint density at radius 2 is 1.58 bits per heavy atom. The molecule has 0 spiro atoms. The van der Waals surface area contributed by atoms with Gasteiger partial charge < -0.3 is 0 Å². The van der Waals surface area contributed by atoms with E-state index in [9.17, 15) is 18.0 Å². The molecule has 1 N–H and O–H groups in total. The number of nitrogens with one attached hydrogen (secondary N) is 1. The number of carbonyl (C=O) groups is 2. The highest BCUT2D eigenvalue weighted by atomic mass is 35.5. The molecule has 0 saturated heterocycles. The average molecular weight is 484 g/mol. The maximum Gasteiger partial charge on any atom is 0.268 e. The Labute approximate surface area is 197 Å². The number of aromatic nitrogens is 1. The van der Waals surface area contributed by atoms with Crippen LogP contribution in [0.5, 0.6) is 0 Å². The summed E-state index contributed by atoms with van der Waals surface area (Å²) in [6.07, 6.45) is 2.96. The van der Waals surface area contributed by atoms with E-state index in [0.717, 1.165) is 10.5 Å². The first kappa shape index (κ1) is 22.9. The summed E-state index contributed by atoms with van der Waals surface area (Å²) in [6.45, 7) is 7.84. The number of pyridine rings is 1. The van der Waals surface area contributed by atoms with Gasteiger partial charge in [-0.05, 0) is 53.8 Å². The van der Waals surface area contributed by atoms with Crippen LogP contribution in [0, 0.1) is 6.92 Å². The fraction of sp³-hybridized carbons (Fsp3) is 0.208. The summed E-state index contributed by atoms with van der Waals surface area (Å²) >= 11 is 6.25. The van der Waals surface area contributed by atoms with Crippen molar-refractivity contribution in [1.82, 2.24) is 4.98 Å². The lowest BCUT2D eigenvalue weighted by Gasteiger charge is -2.19. The number of aryl methyl sites for hydroxylation is 1. The lowest BCUT2D eigenvalue weighted by molar-refractivity contribution is 0.0926. The molecule has 0 radical (unpaired) electrons. The third-order valence-electron chi connectivity index (χ3n) is 5.52. The van der Waals surface area contributed by atoms with E-state index in [1.165, 1.54) is 30.5 Å². The second-order valence-corrected chi connectivity index (χ2v) is 10.9. The molecule has 0 bridgehead atoms. The molecule has 9 heteroatoms. The fourth-order valence-electron chi connectivity index (χ4n) is 3.66. The minimum absolute atomic E-state index is 0.0170. The highest BCUT2D eigenvalue weighted by Gasteiger charge is 2.41. The standard InChI is InChI=1S/C24H22ClN3O4S/c1-14-11-12-26-13-19(14)28-22(29)20-17(25)9-10-18(21(20)23(28)30)27-33(31,32)16-7-5-15(6-8-16)24(2,3)4/h5-13,27H,1-4H3. The van der Waals surface area contributed by atoms with E-state index in [1.807, 2.05) is 20.8 Å². The van der Waals surface area contributed by atoms with Crippen molar-refractivity contribution >= 4 is 44.8 Å². The van der Waals surface area contributed by atoms with E-state index in [0.29, 0.717) is 11.3 Å². The van der Waals surface area contributed by atoms with E-state index in [2.05, 4.69) is 9.71 Å².